The van der Waals surface area contributed by atoms with Crippen LogP contribution in [0.15, 0.2) is 122 Å². The van der Waals surface area contributed by atoms with Gasteiger partial charge >= 0.3 is 40.7 Å². The number of hydrogen-bond acceptors (Lipinski definition) is 31. The molecule has 1 aromatic heterocycles. The van der Waals surface area contributed by atoms with E-state index in [0.717, 1.165) is 10.6 Å². The van der Waals surface area contributed by atoms with Crippen molar-refractivity contribution in [3.05, 3.63) is 125 Å². The quantitative estimate of drug-likeness (QED) is 0.00597. The molecule has 1 fully saturated rings. The second-order valence-corrected chi connectivity index (χ2v) is 42.1. The largest absolute Gasteiger partial charge is 0.748 e. The summed E-state index contributed by atoms with van der Waals surface area (Å²) in [5.41, 5.74) is 23.7. The fourth-order valence-corrected chi connectivity index (χ4v) is 21.5. The Morgan fingerprint density at radius 1 is 0.683 bits per heavy atom. The third-order valence-electron chi connectivity index (χ3n) is 21.6. The number of nitrogens with zero attached hydrogens (tertiary/aromatic N) is 4. The number of anilines is 2. The molecule has 3 aliphatic heterocycles. The second kappa shape index (κ2) is 46.5. The zero-order valence-electron chi connectivity index (χ0n) is 69.8. The van der Waals surface area contributed by atoms with Crippen LogP contribution < -0.4 is 44.2 Å². The van der Waals surface area contributed by atoms with Crippen molar-refractivity contribution in [3.63, 3.8) is 0 Å². The number of nitrogen functional groups attached to an aromatic ring is 1. The average molecular weight is 1930 g/mol. The van der Waals surface area contributed by atoms with Crippen LogP contribution in [0.3, 0.4) is 0 Å². The number of Topliss-reactive ketones (excluding diaryl/α,β-unsaturated/α-hetero) is 2. The lowest BCUT2D eigenvalue weighted by Gasteiger charge is -2.27. The molecule has 0 aliphatic carbocycles. The van der Waals surface area contributed by atoms with Crippen LogP contribution in [0.2, 0.25) is 0 Å². The zero-order valence-corrected chi connectivity index (χ0v) is 76.6. The molecule has 0 saturated carbocycles. The summed E-state index contributed by atoms with van der Waals surface area (Å²) in [6, 6.07) is 12.8. The number of phosphoric ester groups is 2. The van der Waals surface area contributed by atoms with Crippen LogP contribution in [-0.2, 0) is 118 Å². The van der Waals surface area contributed by atoms with E-state index in [1.54, 1.807) is 54.6 Å². The van der Waals surface area contributed by atoms with E-state index in [4.69, 9.17) is 40.6 Å². The summed E-state index contributed by atoms with van der Waals surface area (Å²) in [5, 5.41) is 17.4. The first-order valence-electron chi connectivity index (χ1n) is 40.5. The number of fused-ring (bicyclic) bond motifs is 6. The number of nitrogens with one attached hydrogen (secondary N) is 2. The van der Waals surface area contributed by atoms with Crippen LogP contribution in [0.1, 0.15) is 180 Å². The van der Waals surface area contributed by atoms with E-state index in [2.05, 4.69) is 28.8 Å². The standard InChI is InChI=1S/C77H111N10O29P3S4.O2S/c1-76(2)67(86(40-21-43-120(100,101)102)61-32-29-51-28-30-55(121(103,104)105)46-58(51)71(61)76)26-10-7-11-27-68-77(3,4)72-59-47-56(122(106,107)108)48-66(123(109,110)111)57(59)31-33-62(72)85(68)39-19-8-9-24-54(88)44-52(22-12-15-35-78)74(92)83-60(25-14-17-37-80)63(89)45-53(23-13-16-36-79)73(91)82-38-18-5-6-20-42-112-117(94,95)115-119(98,99)116-118(96,97)113-50-65-64(90)49-70(114-65)87-41-34-69(81)84-75(87)93;1-3-2/h7,10-11,26-34,41,46-48,52-53,60,64-65,70,90H,5-6,8-9,12-25,35-40,42-45,49-50,78-80H2,1-4H3,(H10-,81,82,83,84,91,92,93,94,95,96,97,98,99,100,101,102,103,104,105,106,107,108,109,110,111);/t52?,53?,60?,64-,65-,70-;/m1./s1. The smallest absolute Gasteiger partial charge is 0.490 e. The van der Waals surface area contributed by atoms with Crippen LogP contribution in [0.5, 0.6) is 0 Å². The lowest BCUT2D eigenvalue weighted by atomic mass is 9.79. The van der Waals surface area contributed by atoms with Crippen LogP contribution in [0.4, 0.5) is 17.2 Å². The molecule has 5 aromatic rings. The molecule has 126 heavy (non-hydrogen) atoms. The highest BCUT2D eigenvalue weighted by Crippen LogP contribution is 2.68. The van der Waals surface area contributed by atoms with Crippen molar-refractivity contribution in [1.29, 1.82) is 0 Å². The Bertz CT molecular complexity index is 5630. The van der Waals surface area contributed by atoms with Crippen LogP contribution in [0.25, 0.3) is 21.5 Å². The first-order valence-corrected chi connectivity index (χ1v) is 51.5. The summed E-state index contributed by atoms with van der Waals surface area (Å²) in [6.45, 7) is 7.34. The number of hydrogen-bond donors (Lipinski definition) is 13. The topological polar surface area (TPSA) is 670 Å². The molecule has 9 atom stereocenters. The van der Waals surface area contributed by atoms with Gasteiger partial charge in [-0.15, -0.1) is 0 Å². The summed E-state index contributed by atoms with van der Waals surface area (Å²) in [6.07, 6.45) is 11.6. The zero-order chi connectivity index (χ0) is 93.6. The number of aliphatic hydroxyl groups excluding tert-OH is 1. The molecule has 0 spiro atoms. The Labute approximate surface area is 734 Å². The number of carbonyl (C=O) groups is 4. The van der Waals surface area contributed by atoms with E-state index in [1.165, 1.54) is 30.5 Å². The number of ether oxygens (including phenoxy) is 1. The molecule has 0 bridgehead atoms. The second-order valence-electron chi connectivity index (χ2n) is 31.6. The fraction of sp³-hybridized carbons (Fsp3) is 0.545. The summed E-state index contributed by atoms with van der Waals surface area (Å²) >= 11 is -0.750. The van der Waals surface area contributed by atoms with E-state index in [-0.39, 0.29) is 111 Å². The highest BCUT2D eigenvalue weighted by molar-refractivity contribution is 7.87. The number of carbonyl (C=O) groups excluding carboxylic acids is 4. The molecule has 3 aliphatic rings. The Morgan fingerprint density at radius 2 is 1.29 bits per heavy atom. The van der Waals surface area contributed by atoms with Crippen molar-refractivity contribution in [2.75, 3.05) is 68.9 Å². The maximum absolute atomic E-state index is 14.5. The summed E-state index contributed by atoms with van der Waals surface area (Å²) in [7, 11) is -36.3. The van der Waals surface area contributed by atoms with Crippen molar-refractivity contribution in [2.45, 2.75) is 213 Å². The van der Waals surface area contributed by atoms with Crippen molar-refractivity contribution in [1.82, 2.24) is 20.2 Å². The van der Waals surface area contributed by atoms with E-state index in [9.17, 15) is 109 Å². The lowest BCUT2D eigenvalue weighted by Crippen LogP contribution is -2.45. The molecule has 0 radical (unpaired) electrons. The molecule has 49 heteroatoms. The summed E-state index contributed by atoms with van der Waals surface area (Å²) < 4.78 is 223. The van der Waals surface area contributed by atoms with Gasteiger partial charge in [-0.25, -0.2) is 26.9 Å². The molecule has 8 rings (SSSR count). The van der Waals surface area contributed by atoms with Gasteiger partial charge in [0.2, 0.25) is 17.5 Å². The maximum Gasteiger partial charge on any atom is 0.490 e. The minimum atomic E-state index is -5.86. The predicted molar refractivity (Wildman–Crippen MR) is 463 cm³/mol. The highest BCUT2D eigenvalue weighted by Gasteiger charge is 2.48. The van der Waals surface area contributed by atoms with Gasteiger partial charge in [-0.3, -0.25) is 46.5 Å². The first kappa shape index (κ1) is 106. The van der Waals surface area contributed by atoms with E-state index < -0.39 is 175 Å². The molecule has 2 amide bonds. The van der Waals surface area contributed by atoms with Gasteiger partial charge in [0.25, 0.3) is 30.4 Å². The minimum Gasteiger partial charge on any atom is -0.748 e. The predicted octanol–water partition coefficient (Wildman–Crippen LogP) is 7.28. The number of ketones is 2. The molecule has 700 valence electrons. The van der Waals surface area contributed by atoms with Gasteiger partial charge < -0.3 is 67.5 Å². The van der Waals surface area contributed by atoms with Gasteiger partial charge in [0, 0.05) is 109 Å². The number of allylic oxidation sites excluding steroid dienone is 6. The van der Waals surface area contributed by atoms with Gasteiger partial charge in [-0.05, 0) is 181 Å². The number of unbranched alkanes of at least 4 members (excludes halogenated alkanes) is 8. The molecular weight excluding hydrogens is 1810 g/mol. The number of phosphoric acid groups is 3. The SMILES string of the molecule is CC1(C)C(=CC=CC=CC2=[N+](CCCCCC(=O)CC(CCCCN)C(=O)NC(CCCCN)C(=O)CC(CCCCN)C(=O)NCCCCCCOP(=O)(O)OP(=O)(O)OP(=O)(O)OC[C@H]3O[C@@H](n4ccc(N)nc4=O)C[C@H]3O)c3ccc4c(S(=O)(=O)O)cc(S(=O)(=O)O)cc4c3C2(C)C)N(CCCS(=O)(=O)[O-])c2ccc3ccc(S(=O)(=O)O)cc3c21.O=S=O. The van der Waals surface area contributed by atoms with E-state index in [1.807, 2.05) is 37.2 Å². The van der Waals surface area contributed by atoms with Crippen molar-refractivity contribution < 1.29 is 140 Å². The highest BCUT2D eigenvalue weighted by atomic mass is 32.2. The molecule has 17 N–H and O–H groups in total. The average Bonchev–Trinajstić information content (AvgIpc) is 1.56. The Morgan fingerprint density at radius 3 is 1.90 bits per heavy atom. The Kier molecular flexibility index (Phi) is 39.0. The van der Waals surface area contributed by atoms with Crippen molar-refractivity contribution >= 4 is 143 Å². The Balaban J connectivity index is 0.00000715. The maximum atomic E-state index is 14.5. The van der Waals surface area contributed by atoms with Gasteiger partial charge in [0.15, 0.2) is 11.5 Å². The number of aliphatic hydroxyl groups is 1. The normalized spacial score (nSPS) is 19.0. The summed E-state index contributed by atoms with van der Waals surface area (Å²) in [4.78, 5) is 103. The fourth-order valence-electron chi connectivity index (χ4n) is 15.6. The van der Waals surface area contributed by atoms with Crippen LogP contribution >= 0.6 is 23.5 Å². The number of amides is 2. The van der Waals surface area contributed by atoms with Gasteiger partial charge in [-0.2, -0.15) is 51.9 Å². The molecule has 1 saturated heterocycles. The molecular formula is C77H111N10O31P3S5. The first-order chi connectivity index (χ1) is 58.9. The number of nitrogens with two attached hydrogens (primary N) is 4. The number of aromatic nitrogens is 2. The van der Waals surface area contributed by atoms with Crippen LogP contribution in [0, 0.1) is 11.8 Å². The van der Waals surface area contributed by atoms with Gasteiger partial charge in [0.1, 0.15) is 35.4 Å². The van der Waals surface area contributed by atoms with Crippen molar-refractivity contribution in [3.8, 4) is 0 Å². The molecule has 6 unspecified atom stereocenters. The van der Waals surface area contributed by atoms with Gasteiger partial charge in [0.05, 0.1) is 50.7 Å². The third kappa shape index (κ3) is 30.4. The molecule has 41 nitrogen and oxygen atoms in total. The minimum absolute atomic E-state index is 0.0414. The summed E-state index contributed by atoms with van der Waals surface area (Å²) in [5.74, 6) is -4.11. The lowest BCUT2D eigenvalue weighted by molar-refractivity contribution is -0.438. The van der Waals surface area contributed by atoms with E-state index in [0.29, 0.717) is 141 Å². The number of rotatable bonds is 52. The van der Waals surface area contributed by atoms with Crippen LogP contribution in [-0.4, -0.2) is 200 Å². The number of benzene rings is 4. The van der Waals surface area contributed by atoms with Crippen molar-refractivity contribution in [2.24, 2.45) is 29.0 Å². The van der Waals surface area contributed by atoms with E-state index >= 15 is 0 Å². The molecule has 4 heterocycles. The third-order valence-corrected chi connectivity index (χ3v) is 29.2. The molecule has 4 aromatic carbocycles. The Hall–Kier alpha value is -7.28. The monoisotopic (exact) mass is 1920 g/mol. The van der Waals surface area contributed by atoms with Gasteiger partial charge in [-0.1, -0.05) is 69.9 Å².